The third-order valence-electron chi connectivity index (χ3n) is 4.93. The number of rotatable bonds is 3. The van der Waals surface area contributed by atoms with Gasteiger partial charge in [0.1, 0.15) is 5.52 Å². The average Bonchev–Trinajstić information content (AvgIpc) is 2.89. The third kappa shape index (κ3) is 2.56. The summed E-state index contributed by atoms with van der Waals surface area (Å²) in [7, 11) is 2.04. The Morgan fingerprint density at radius 1 is 1.33 bits per heavy atom. The number of aromatic nitrogens is 4. The number of fused-ring (bicyclic) bond motifs is 1. The first-order valence-electron chi connectivity index (χ1n) is 8.09. The SMILES string of the molecule is CCCc1nn(C)c2c1[nH]c(=S)n2C1CCC(C)(C)CC1. The van der Waals surface area contributed by atoms with Crippen LogP contribution in [-0.2, 0) is 13.5 Å². The molecule has 5 heteroatoms. The van der Waals surface area contributed by atoms with Crippen molar-refractivity contribution in [2.75, 3.05) is 0 Å². The van der Waals surface area contributed by atoms with Crippen molar-refractivity contribution < 1.29 is 0 Å². The molecule has 3 rings (SSSR count). The Hall–Kier alpha value is -1.10. The molecule has 0 aromatic carbocycles. The summed E-state index contributed by atoms with van der Waals surface area (Å²) in [6.07, 6.45) is 7.07. The molecule has 0 saturated heterocycles. The van der Waals surface area contributed by atoms with Crippen LogP contribution in [0.25, 0.3) is 11.2 Å². The lowest BCUT2D eigenvalue weighted by Gasteiger charge is -2.35. The van der Waals surface area contributed by atoms with Crippen LogP contribution < -0.4 is 0 Å². The Bertz CT molecular complexity index is 694. The van der Waals surface area contributed by atoms with Crippen molar-refractivity contribution in [1.29, 1.82) is 0 Å². The molecule has 1 aliphatic carbocycles. The zero-order chi connectivity index (χ0) is 15.2. The zero-order valence-corrected chi connectivity index (χ0v) is 14.4. The van der Waals surface area contributed by atoms with Crippen LogP contribution in [0.5, 0.6) is 0 Å². The Morgan fingerprint density at radius 2 is 2.00 bits per heavy atom. The summed E-state index contributed by atoms with van der Waals surface area (Å²) >= 11 is 5.61. The lowest BCUT2D eigenvalue weighted by molar-refractivity contribution is 0.194. The predicted octanol–water partition coefficient (Wildman–Crippen LogP) is 4.53. The van der Waals surface area contributed by atoms with Gasteiger partial charge in [-0.2, -0.15) is 5.10 Å². The molecular formula is C16H26N4S. The topological polar surface area (TPSA) is 38.5 Å². The van der Waals surface area contributed by atoms with Crippen LogP contribution in [0.3, 0.4) is 0 Å². The van der Waals surface area contributed by atoms with Crippen molar-refractivity contribution in [2.45, 2.75) is 65.3 Å². The molecule has 0 aliphatic heterocycles. The van der Waals surface area contributed by atoms with Gasteiger partial charge in [0.25, 0.3) is 0 Å². The second-order valence-electron chi connectivity index (χ2n) is 7.21. The molecule has 2 heterocycles. The van der Waals surface area contributed by atoms with Gasteiger partial charge in [0.2, 0.25) is 0 Å². The summed E-state index contributed by atoms with van der Waals surface area (Å²) in [5.74, 6) is 0. The van der Waals surface area contributed by atoms with Crippen molar-refractivity contribution >= 4 is 23.4 Å². The van der Waals surface area contributed by atoms with E-state index in [9.17, 15) is 0 Å². The standard InChI is InChI=1S/C16H26N4S/c1-5-6-12-13-14(19(4)18-12)20(15(21)17-13)11-7-9-16(2,3)10-8-11/h11H,5-10H2,1-4H3,(H,17,21). The van der Waals surface area contributed by atoms with Gasteiger partial charge < -0.3 is 4.98 Å². The van der Waals surface area contributed by atoms with Crippen molar-refractivity contribution in [3.8, 4) is 0 Å². The molecule has 2 aromatic rings. The molecule has 0 radical (unpaired) electrons. The lowest BCUT2D eigenvalue weighted by Crippen LogP contribution is -2.24. The zero-order valence-electron chi connectivity index (χ0n) is 13.6. The maximum atomic E-state index is 5.61. The van der Waals surface area contributed by atoms with Gasteiger partial charge in [0, 0.05) is 13.1 Å². The predicted molar refractivity (Wildman–Crippen MR) is 89.2 cm³/mol. The first-order chi connectivity index (χ1) is 9.93. The molecule has 1 N–H and O–H groups in total. The van der Waals surface area contributed by atoms with E-state index >= 15 is 0 Å². The van der Waals surface area contributed by atoms with E-state index in [0.29, 0.717) is 11.5 Å². The summed E-state index contributed by atoms with van der Waals surface area (Å²) in [6, 6.07) is 0.518. The normalized spacial score (nSPS) is 19.4. The highest BCUT2D eigenvalue weighted by atomic mass is 32.1. The quantitative estimate of drug-likeness (QED) is 0.846. The molecular weight excluding hydrogens is 280 g/mol. The summed E-state index contributed by atoms with van der Waals surface area (Å²) in [6.45, 7) is 6.94. The van der Waals surface area contributed by atoms with Crippen molar-refractivity contribution in [2.24, 2.45) is 12.5 Å². The maximum absolute atomic E-state index is 5.61. The highest BCUT2D eigenvalue weighted by molar-refractivity contribution is 7.71. The van der Waals surface area contributed by atoms with Gasteiger partial charge in [-0.3, -0.25) is 9.25 Å². The number of hydrogen-bond donors (Lipinski definition) is 1. The smallest absolute Gasteiger partial charge is 0.179 e. The van der Waals surface area contributed by atoms with E-state index in [1.807, 2.05) is 11.7 Å². The van der Waals surface area contributed by atoms with E-state index in [-0.39, 0.29) is 0 Å². The number of aryl methyl sites for hydroxylation is 2. The van der Waals surface area contributed by atoms with Crippen molar-refractivity contribution in [1.82, 2.24) is 19.3 Å². The van der Waals surface area contributed by atoms with E-state index in [0.717, 1.165) is 28.8 Å². The minimum atomic E-state index is 0.480. The van der Waals surface area contributed by atoms with Crippen LogP contribution in [0, 0.1) is 10.2 Å². The second kappa shape index (κ2) is 5.27. The van der Waals surface area contributed by atoms with Crippen molar-refractivity contribution in [3.63, 3.8) is 0 Å². The maximum Gasteiger partial charge on any atom is 0.179 e. The number of aromatic amines is 1. The second-order valence-corrected chi connectivity index (χ2v) is 7.60. The van der Waals surface area contributed by atoms with Gasteiger partial charge in [-0.25, -0.2) is 0 Å². The van der Waals surface area contributed by atoms with Gasteiger partial charge in [-0.15, -0.1) is 0 Å². The molecule has 0 atom stereocenters. The molecule has 4 nitrogen and oxygen atoms in total. The molecule has 0 unspecified atom stereocenters. The fourth-order valence-electron chi connectivity index (χ4n) is 3.63. The minimum absolute atomic E-state index is 0.480. The number of nitrogens with one attached hydrogen (secondary N) is 1. The van der Waals surface area contributed by atoms with Gasteiger partial charge in [0.05, 0.1) is 5.69 Å². The first-order valence-corrected chi connectivity index (χ1v) is 8.50. The molecule has 1 fully saturated rings. The Kier molecular flexibility index (Phi) is 3.72. The van der Waals surface area contributed by atoms with Crippen LogP contribution in [0.1, 0.15) is 64.6 Å². The molecule has 1 aliphatic rings. The lowest BCUT2D eigenvalue weighted by atomic mass is 9.75. The van der Waals surface area contributed by atoms with Crippen LogP contribution >= 0.6 is 12.2 Å². The number of imidazole rings is 1. The number of nitrogens with zero attached hydrogens (tertiary/aromatic N) is 3. The molecule has 0 amide bonds. The van der Waals surface area contributed by atoms with Gasteiger partial charge in [-0.1, -0.05) is 27.2 Å². The molecule has 0 spiro atoms. The Balaban J connectivity index is 2.03. The molecule has 116 valence electrons. The fraction of sp³-hybridized carbons (Fsp3) is 0.750. The van der Waals surface area contributed by atoms with Crippen LogP contribution in [0.4, 0.5) is 0 Å². The summed E-state index contributed by atoms with van der Waals surface area (Å²) in [4.78, 5) is 3.41. The Morgan fingerprint density at radius 3 is 2.62 bits per heavy atom. The van der Waals surface area contributed by atoms with E-state index in [1.165, 1.54) is 31.3 Å². The average molecular weight is 306 g/mol. The Labute approximate surface area is 131 Å². The highest BCUT2D eigenvalue weighted by Gasteiger charge is 2.29. The van der Waals surface area contributed by atoms with E-state index in [4.69, 9.17) is 12.2 Å². The molecule has 2 aromatic heterocycles. The van der Waals surface area contributed by atoms with Crippen LogP contribution in [0.15, 0.2) is 0 Å². The molecule has 0 bridgehead atoms. The minimum Gasteiger partial charge on any atom is -0.328 e. The van der Waals surface area contributed by atoms with E-state index in [1.54, 1.807) is 0 Å². The van der Waals surface area contributed by atoms with Crippen LogP contribution in [-0.4, -0.2) is 19.3 Å². The third-order valence-corrected chi connectivity index (χ3v) is 5.23. The van der Waals surface area contributed by atoms with Gasteiger partial charge in [0.15, 0.2) is 10.4 Å². The van der Waals surface area contributed by atoms with Crippen molar-refractivity contribution in [3.05, 3.63) is 10.5 Å². The van der Waals surface area contributed by atoms with Gasteiger partial charge >= 0.3 is 0 Å². The van der Waals surface area contributed by atoms with E-state index < -0.39 is 0 Å². The van der Waals surface area contributed by atoms with E-state index in [2.05, 4.69) is 35.4 Å². The highest BCUT2D eigenvalue weighted by Crippen LogP contribution is 2.41. The molecule has 21 heavy (non-hydrogen) atoms. The monoisotopic (exact) mass is 306 g/mol. The molecule has 1 saturated carbocycles. The first kappa shape index (κ1) is 14.8. The number of hydrogen-bond acceptors (Lipinski definition) is 2. The summed E-state index contributed by atoms with van der Waals surface area (Å²) in [5, 5.41) is 4.68. The summed E-state index contributed by atoms with van der Waals surface area (Å²) in [5.41, 5.74) is 3.95. The van der Waals surface area contributed by atoms with Gasteiger partial charge in [-0.05, 0) is 49.7 Å². The largest absolute Gasteiger partial charge is 0.328 e. The summed E-state index contributed by atoms with van der Waals surface area (Å²) < 4.78 is 5.19. The van der Waals surface area contributed by atoms with Crippen LogP contribution in [0.2, 0.25) is 0 Å². The number of H-pyrrole nitrogens is 1. The fourth-order valence-corrected chi connectivity index (χ4v) is 3.97.